The topological polar surface area (TPSA) is 60.8 Å². The van der Waals surface area contributed by atoms with E-state index >= 15 is 0 Å². The van der Waals surface area contributed by atoms with Gasteiger partial charge in [-0.05, 0) is 37.5 Å². The molecule has 0 radical (unpaired) electrons. The summed E-state index contributed by atoms with van der Waals surface area (Å²) in [5.74, 6) is 0.0208. The molecule has 0 saturated heterocycles. The van der Waals surface area contributed by atoms with Gasteiger partial charge >= 0.3 is 0 Å². The molecule has 1 fully saturated rings. The second-order valence-corrected chi connectivity index (χ2v) is 4.45. The highest BCUT2D eigenvalue weighted by Crippen LogP contribution is 2.28. The Morgan fingerprint density at radius 2 is 2.18 bits per heavy atom. The predicted octanol–water partition coefficient (Wildman–Crippen LogP) is 1.30. The summed E-state index contributed by atoms with van der Waals surface area (Å²) in [4.78, 5) is 13.9. The fourth-order valence-electron chi connectivity index (χ4n) is 1.85. The van der Waals surface area contributed by atoms with Crippen molar-refractivity contribution in [3.8, 4) is 5.75 Å². The molecule has 1 aliphatic carbocycles. The van der Waals surface area contributed by atoms with Gasteiger partial charge < -0.3 is 15.1 Å². The van der Waals surface area contributed by atoms with Crippen molar-refractivity contribution < 1.29 is 15.0 Å². The molecule has 2 rings (SSSR count). The van der Waals surface area contributed by atoms with Gasteiger partial charge in [-0.2, -0.15) is 0 Å². The monoisotopic (exact) mass is 235 g/mol. The fourth-order valence-corrected chi connectivity index (χ4v) is 1.85. The number of rotatable bonds is 4. The lowest BCUT2D eigenvalue weighted by Gasteiger charge is -2.21. The van der Waals surface area contributed by atoms with Crippen molar-refractivity contribution in [2.75, 3.05) is 13.2 Å². The van der Waals surface area contributed by atoms with Gasteiger partial charge in [0.1, 0.15) is 5.75 Å². The lowest BCUT2D eigenvalue weighted by molar-refractivity contribution is 0.0707. The molecule has 2 N–H and O–H groups in total. The Labute approximate surface area is 100 Å². The van der Waals surface area contributed by atoms with Gasteiger partial charge in [0.05, 0.1) is 6.61 Å². The number of hydrogen-bond acceptors (Lipinski definition) is 3. The molecule has 1 aliphatic rings. The second kappa shape index (κ2) is 4.75. The molecule has 1 amide bonds. The average molecular weight is 235 g/mol. The van der Waals surface area contributed by atoms with Crippen LogP contribution in [0.1, 0.15) is 28.8 Å². The minimum absolute atomic E-state index is 0.0277. The minimum atomic E-state index is -0.114. The SMILES string of the molecule is Cc1ccc(C(=O)N(CCO)C2CC2)cc1O. The van der Waals surface area contributed by atoms with Crippen LogP contribution in [0, 0.1) is 6.92 Å². The summed E-state index contributed by atoms with van der Waals surface area (Å²) >= 11 is 0. The van der Waals surface area contributed by atoms with Crippen LogP contribution >= 0.6 is 0 Å². The van der Waals surface area contributed by atoms with E-state index in [0.717, 1.165) is 18.4 Å². The first-order chi connectivity index (χ1) is 8.13. The molecule has 4 heteroatoms. The first-order valence-corrected chi connectivity index (χ1v) is 5.85. The molecule has 4 nitrogen and oxygen atoms in total. The van der Waals surface area contributed by atoms with Crippen LogP contribution in [0.5, 0.6) is 5.75 Å². The molecular formula is C13H17NO3. The first kappa shape index (κ1) is 11.9. The Kier molecular flexibility index (Phi) is 3.33. The number of carbonyl (C=O) groups is 1. The number of amides is 1. The molecule has 0 aliphatic heterocycles. The number of nitrogens with zero attached hydrogens (tertiary/aromatic N) is 1. The molecule has 0 unspecified atom stereocenters. The smallest absolute Gasteiger partial charge is 0.254 e. The quantitative estimate of drug-likeness (QED) is 0.827. The van der Waals surface area contributed by atoms with E-state index in [1.165, 1.54) is 6.07 Å². The van der Waals surface area contributed by atoms with Gasteiger partial charge in [0.15, 0.2) is 0 Å². The Bertz CT molecular complexity index is 427. The summed E-state index contributed by atoms with van der Waals surface area (Å²) in [6, 6.07) is 5.19. The maximum Gasteiger partial charge on any atom is 0.254 e. The molecule has 0 atom stereocenters. The van der Waals surface area contributed by atoms with E-state index in [4.69, 9.17) is 5.11 Å². The van der Waals surface area contributed by atoms with Crippen LogP contribution in [0.2, 0.25) is 0 Å². The zero-order valence-electron chi connectivity index (χ0n) is 9.89. The van der Waals surface area contributed by atoms with Gasteiger partial charge in [0.25, 0.3) is 5.91 Å². The normalized spacial score (nSPS) is 14.7. The van der Waals surface area contributed by atoms with E-state index in [0.29, 0.717) is 12.1 Å². The number of benzene rings is 1. The molecule has 1 saturated carbocycles. The van der Waals surface area contributed by atoms with Crippen molar-refractivity contribution in [3.63, 3.8) is 0 Å². The summed E-state index contributed by atoms with van der Waals surface area (Å²) in [5, 5.41) is 18.6. The van der Waals surface area contributed by atoms with Crippen LogP contribution in [-0.2, 0) is 0 Å². The van der Waals surface area contributed by atoms with Gasteiger partial charge in [-0.3, -0.25) is 4.79 Å². The van der Waals surface area contributed by atoms with E-state index in [1.54, 1.807) is 24.0 Å². The summed E-state index contributed by atoms with van der Waals surface area (Å²) in [7, 11) is 0. The summed E-state index contributed by atoms with van der Waals surface area (Å²) in [6.45, 7) is 2.12. The van der Waals surface area contributed by atoms with Crippen molar-refractivity contribution in [3.05, 3.63) is 29.3 Å². The van der Waals surface area contributed by atoms with Crippen LogP contribution in [0.25, 0.3) is 0 Å². The molecule has 17 heavy (non-hydrogen) atoms. The zero-order chi connectivity index (χ0) is 12.4. The van der Waals surface area contributed by atoms with E-state index < -0.39 is 0 Å². The molecule has 1 aromatic carbocycles. The van der Waals surface area contributed by atoms with Crippen molar-refractivity contribution in [1.82, 2.24) is 4.90 Å². The number of aliphatic hydroxyl groups excluding tert-OH is 1. The zero-order valence-corrected chi connectivity index (χ0v) is 9.89. The maximum absolute atomic E-state index is 12.2. The van der Waals surface area contributed by atoms with Gasteiger partial charge in [-0.25, -0.2) is 0 Å². The third-order valence-electron chi connectivity index (χ3n) is 3.05. The largest absolute Gasteiger partial charge is 0.508 e. The van der Waals surface area contributed by atoms with Crippen LogP contribution in [0.15, 0.2) is 18.2 Å². The van der Waals surface area contributed by atoms with Crippen molar-refractivity contribution in [2.45, 2.75) is 25.8 Å². The molecule has 0 bridgehead atoms. The van der Waals surface area contributed by atoms with Gasteiger partial charge in [-0.15, -0.1) is 0 Å². The third-order valence-corrected chi connectivity index (χ3v) is 3.05. The number of phenols is 1. The second-order valence-electron chi connectivity index (χ2n) is 4.45. The average Bonchev–Trinajstić information content (AvgIpc) is 3.13. The van der Waals surface area contributed by atoms with Gasteiger partial charge in [0.2, 0.25) is 0 Å². The maximum atomic E-state index is 12.2. The van der Waals surface area contributed by atoms with E-state index in [-0.39, 0.29) is 24.3 Å². The number of aryl methyl sites for hydroxylation is 1. The van der Waals surface area contributed by atoms with Gasteiger partial charge in [-0.1, -0.05) is 6.07 Å². The highest BCUT2D eigenvalue weighted by molar-refractivity contribution is 5.95. The standard InChI is InChI=1S/C13H17NO3/c1-9-2-3-10(8-12(9)16)13(17)14(6-7-15)11-4-5-11/h2-3,8,11,15-16H,4-7H2,1H3. The van der Waals surface area contributed by atoms with Crippen LogP contribution in [0.4, 0.5) is 0 Å². The van der Waals surface area contributed by atoms with Crippen molar-refractivity contribution in [1.29, 1.82) is 0 Å². The number of hydrogen-bond donors (Lipinski definition) is 2. The highest BCUT2D eigenvalue weighted by atomic mass is 16.3. The van der Waals surface area contributed by atoms with Gasteiger partial charge in [0, 0.05) is 18.2 Å². The number of aromatic hydroxyl groups is 1. The Morgan fingerprint density at radius 3 is 2.71 bits per heavy atom. The van der Waals surface area contributed by atoms with Crippen LogP contribution < -0.4 is 0 Å². The van der Waals surface area contributed by atoms with E-state index in [1.807, 2.05) is 0 Å². The Morgan fingerprint density at radius 1 is 1.47 bits per heavy atom. The lowest BCUT2D eigenvalue weighted by atomic mass is 10.1. The van der Waals surface area contributed by atoms with Crippen LogP contribution in [0.3, 0.4) is 0 Å². The third kappa shape index (κ3) is 2.58. The summed E-state index contributed by atoms with van der Waals surface area (Å²) in [6.07, 6.45) is 2.01. The molecule has 92 valence electrons. The molecular weight excluding hydrogens is 218 g/mol. The van der Waals surface area contributed by atoms with E-state index in [9.17, 15) is 9.90 Å². The van der Waals surface area contributed by atoms with Crippen LogP contribution in [-0.4, -0.2) is 40.2 Å². The number of aliphatic hydroxyl groups is 1. The molecule has 1 aromatic rings. The number of phenolic OH excluding ortho intramolecular Hbond substituents is 1. The highest BCUT2D eigenvalue weighted by Gasteiger charge is 2.32. The summed E-state index contributed by atoms with van der Waals surface area (Å²) < 4.78 is 0. The lowest BCUT2D eigenvalue weighted by Crippen LogP contribution is -2.35. The fraction of sp³-hybridized carbons (Fsp3) is 0.462. The first-order valence-electron chi connectivity index (χ1n) is 5.85. The van der Waals surface area contributed by atoms with Crippen molar-refractivity contribution >= 4 is 5.91 Å². The molecule has 0 aromatic heterocycles. The molecule has 0 heterocycles. The van der Waals surface area contributed by atoms with Crippen molar-refractivity contribution in [2.24, 2.45) is 0 Å². The summed E-state index contributed by atoms with van der Waals surface area (Å²) in [5.41, 5.74) is 1.23. The van der Waals surface area contributed by atoms with E-state index in [2.05, 4.69) is 0 Å². The Hall–Kier alpha value is -1.55. The Balaban J connectivity index is 2.19. The molecule has 0 spiro atoms. The minimum Gasteiger partial charge on any atom is -0.508 e. The predicted molar refractivity (Wildman–Crippen MR) is 64.0 cm³/mol. The number of carbonyl (C=O) groups excluding carboxylic acids is 1.